The number of rotatable bonds is 16. The molecule has 0 aromatic heterocycles. The van der Waals surface area contributed by atoms with Crippen molar-refractivity contribution in [2.75, 3.05) is 11.5 Å². The molecule has 0 bridgehead atoms. The summed E-state index contributed by atoms with van der Waals surface area (Å²) in [4.78, 5) is 48.0. The van der Waals surface area contributed by atoms with Gasteiger partial charge in [0, 0.05) is 5.69 Å². The predicted molar refractivity (Wildman–Crippen MR) is 125 cm³/mol. The van der Waals surface area contributed by atoms with E-state index >= 15 is 0 Å². The highest BCUT2D eigenvalue weighted by atomic mass is 17.2. The van der Waals surface area contributed by atoms with Gasteiger partial charge in [-0.3, -0.25) is 14.5 Å². The largest absolute Gasteiger partial charge is 0.302 e. The number of amides is 1. The summed E-state index contributed by atoms with van der Waals surface area (Å²) < 4.78 is 0. The number of hydrogen-bond donors (Lipinski definition) is 0. The van der Waals surface area contributed by atoms with Gasteiger partial charge in [-0.15, -0.1) is 0 Å². The molecule has 0 spiro atoms. The first-order valence-corrected chi connectivity index (χ1v) is 12.1. The van der Waals surface area contributed by atoms with E-state index in [1.165, 1.54) is 56.3 Å². The molecule has 1 unspecified atom stereocenters. The highest BCUT2D eigenvalue weighted by Gasteiger charge is 2.53. The summed E-state index contributed by atoms with van der Waals surface area (Å²) >= 11 is 0. The second kappa shape index (κ2) is 13.5. The molecule has 32 heavy (non-hydrogen) atoms. The molecule has 1 fully saturated rings. The molecule has 0 N–H and O–H groups in total. The van der Waals surface area contributed by atoms with Gasteiger partial charge in [-0.1, -0.05) is 76.8 Å². The second-order valence-electron chi connectivity index (χ2n) is 9.14. The lowest BCUT2D eigenvalue weighted by atomic mass is 9.95. The molecular formula is C26H39NO5. The average Bonchev–Trinajstić information content (AvgIpc) is 2.95. The zero-order chi connectivity index (χ0) is 23.4. The molecule has 6 heteroatoms. The topological polar surface area (TPSA) is 72.9 Å². The molecule has 1 heterocycles. The minimum Gasteiger partial charge on any atom is -0.302 e. The average molecular weight is 446 g/mol. The van der Waals surface area contributed by atoms with Crippen LogP contribution in [-0.2, 0) is 30.8 Å². The predicted octanol–water partition coefficient (Wildman–Crippen LogP) is 5.57. The van der Waals surface area contributed by atoms with Crippen LogP contribution in [0.1, 0.15) is 90.5 Å². The number of carbonyl (C=O) groups is 3. The number of ketones is 1. The van der Waals surface area contributed by atoms with Crippen LogP contribution < -0.4 is 4.90 Å². The van der Waals surface area contributed by atoms with E-state index in [0.717, 1.165) is 18.4 Å². The molecule has 1 saturated heterocycles. The van der Waals surface area contributed by atoms with Crippen molar-refractivity contribution in [2.45, 2.75) is 97.1 Å². The normalized spacial score (nSPS) is 17.8. The molecule has 2 rings (SSSR count). The molecule has 0 saturated carbocycles. The van der Waals surface area contributed by atoms with E-state index in [4.69, 9.17) is 9.78 Å². The molecule has 6 nitrogen and oxygen atoms in total. The van der Waals surface area contributed by atoms with Crippen LogP contribution in [0, 0.1) is 5.92 Å². The maximum atomic E-state index is 12.5. The van der Waals surface area contributed by atoms with Crippen LogP contribution in [0.25, 0.3) is 0 Å². The fourth-order valence-electron chi connectivity index (χ4n) is 4.15. The Labute approximate surface area is 192 Å². The van der Waals surface area contributed by atoms with Crippen molar-refractivity contribution < 1.29 is 24.2 Å². The fourth-order valence-corrected chi connectivity index (χ4v) is 4.15. The van der Waals surface area contributed by atoms with Crippen molar-refractivity contribution in [3.05, 3.63) is 29.8 Å². The molecule has 1 aromatic carbocycles. The summed E-state index contributed by atoms with van der Waals surface area (Å²) in [6, 6.07) is 7.20. The Morgan fingerprint density at radius 3 is 1.97 bits per heavy atom. The van der Waals surface area contributed by atoms with Crippen molar-refractivity contribution in [3.63, 3.8) is 0 Å². The van der Waals surface area contributed by atoms with Crippen molar-refractivity contribution in [3.8, 4) is 0 Å². The monoisotopic (exact) mass is 445 g/mol. The summed E-state index contributed by atoms with van der Waals surface area (Å²) in [6.45, 7) is 6.46. The third-order valence-corrected chi connectivity index (χ3v) is 6.15. The lowest BCUT2D eigenvalue weighted by Gasteiger charge is -2.30. The number of anilines is 1. The van der Waals surface area contributed by atoms with Crippen LogP contribution in [0.5, 0.6) is 0 Å². The van der Waals surface area contributed by atoms with Gasteiger partial charge in [-0.05, 0) is 38.0 Å². The molecule has 1 aliphatic rings. The SMILES string of the molecule is CCCCCCCCCCCCOOCc1ccc(N2C(=O)C(C=O)C(=O)C2(C)C)cc1. The third kappa shape index (κ3) is 7.24. The first-order valence-electron chi connectivity index (χ1n) is 12.1. The van der Waals surface area contributed by atoms with Gasteiger partial charge in [-0.2, -0.15) is 0 Å². The van der Waals surface area contributed by atoms with Gasteiger partial charge in [0.15, 0.2) is 11.7 Å². The Kier molecular flexibility index (Phi) is 11.0. The lowest BCUT2D eigenvalue weighted by Crippen LogP contribution is -2.44. The summed E-state index contributed by atoms with van der Waals surface area (Å²) in [5, 5.41) is 0. The number of hydrogen-bond acceptors (Lipinski definition) is 5. The van der Waals surface area contributed by atoms with Gasteiger partial charge in [-0.25, -0.2) is 9.78 Å². The summed E-state index contributed by atoms with van der Waals surface area (Å²) in [6.07, 6.45) is 13.2. The van der Waals surface area contributed by atoms with Crippen LogP contribution in [0.2, 0.25) is 0 Å². The fraction of sp³-hybridized carbons (Fsp3) is 0.654. The van der Waals surface area contributed by atoms with Crippen molar-refractivity contribution >= 4 is 23.7 Å². The van der Waals surface area contributed by atoms with E-state index < -0.39 is 17.4 Å². The number of aldehydes is 1. The van der Waals surface area contributed by atoms with Gasteiger partial charge in [0.2, 0.25) is 5.91 Å². The van der Waals surface area contributed by atoms with Crippen molar-refractivity contribution in [1.82, 2.24) is 0 Å². The van der Waals surface area contributed by atoms with Crippen LogP contribution >= 0.6 is 0 Å². The van der Waals surface area contributed by atoms with Crippen molar-refractivity contribution in [1.29, 1.82) is 0 Å². The lowest BCUT2D eigenvalue weighted by molar-refractivity contribution is -0.304. The van der Waals surface area contributed by atoms with Gasteiger partial charge in [0.05, 0.1) is 6.61 Å². The van der Waals surface area contributed by atoms with Gasteiger partial charge < -0.3 is 4.79 Å². The number of nitrogens with zero attached hydrogens (tertiary/aromatic N) is 1. The molecule has 0 radical (unpaired) electrons. The van der Waals surface area contributed by atoms with Crippen molar-refractivity contribution in [2.24, 2.45) is 5.92 Å². The van der Waals surface area contributed by atoms with E-state index in [9.17, 15) is 14.4 Å². The van der Waals surface area contributed by atoms with Gasteiger partial charge in [0.1, 0.15) is 18.4 Å². The highest BCUT2D eigenvalue weighted by Crippen LogP contribution is 2.34. The zero-order valence-corrected chi connectivity index (χ0v) is 19.9. The van der Waals surface area contributed by atoms with Gasteiger partial charge >= 0.3 is 0 Å². The Balaban J connectivity index is 1.61. The summed E-state index contributed by atoms with van der Waals surface area (Å²) in [5.41, 5.74) is 0.450. The number of carbonyl (C=O) groups excluding carboxylic acids is 3. The number of unbranched alkanes of at least 4 members (excludes halogenated alkanes) is 9. The highest BCUT2D eigenvalue weighted by molar-refractivity contribution is 6.28. The van der Waals surface area contributed by atoms with E-state index in [1.807, 2.05) is 12.1 Å². The smallest absolute Gasteiger partial charge is 0.245 e. The second-order valence-corrected chi connectivity index (χ2v) is 9.14. The molecule has 178 valence electrons. The first kappa shape index (κ1) is 26.2. The van der Waals surface area contributed by atoms with Crippen LogP contribution in [0.15, 0.2) is 24.3 Å². The number of benzene rings is 1. The first-order chi connectivity index (χ1) is 15.4. The maximum Gasteiger partial charge on any atom is 0.245 e. The molecule has 1 amide bonds. The minimum atomic E-state index is -1.22. The Morgan fingerprint density at radius 1 is 0.875 bits per heavy atom. The maximum absolute atomic E-state index is 12.5. The Bertz CT molecular complexity index is 728. The van der Waals surface area contributed by atoms with Gasteiger partial charge in [0.25, 0.3) is 0 Å². The zero-order valence-electron chi connectivity index (χ0n) is 19.9. The Morgan fingerprint density at radius 2 is 1.44 bits per heavy atom. The number of Topliss-reactive ketones (excluding diaryl/α,β-unsaturated/α-hetero) is 1. The van der Waals surface area contributed by atoms with Crippen LogP contribution in [0.3, 0.4) is 0 Å². The summed E-state index contributed by atoms with van der Waals surface area (Å²) in [7, 11) is 0. The third-order valence-electron chi connectivity index (χ3n) is 6.15. The molecule has 1 atom stereocenters. The van der Waals surface area contributed by atoms with E-state index in [2.05, 4.69) is 6.92 Å². The minimum absolute atomic E-state index is 0.311. The quantitative estimate of drug-likeness (QED) is 0.109. The summed E-state index contributed by atoms with van der Waals surface area (Å²) in [5.74, 6) is -2.06. The molecule has 0 aliphatic carbocycles. The van der Waals surface area contributed by atoms with E-state index in [-0.39, 0.29) is 5.78 Å². The molecule has 1 aliphatic heterocycles. The van der Waals surface area contributed by atoms with E-state index in [1.54, 1.807) is 26.0 Å². The molecular weight excluding hydrogens is 406 g/mol. The standard InChI is InChI=1S/C26H39NO5/c1-4-5-6-7-8-9-10-11-12-13-18-31-32-20-21-14-16-22(17-15-21)27-25(30)23(19-28)24(29)26(27,2)3/h14-17,19,23H,4-13,18,20H2,1-3H3. The van der Waals surface area contributed by atoms with E-state index in [0.29, 0.717) is 25.2 Å². The van der Waals surface area contributed by atoms with Crippen LogP contribution in [0.4, 0.5) is 5.69 Å². The molecule has 1 aromatic rings. The van der Waals surface area contributed by atoms with Crippen LogP contribution in [-0.4, -0.2) is 30.1 Å². The Hall–Kier alpha value is -2.05.